The van der Waals surface area contributed by atoms with E-state index in [0.29, 0.717) is 44.7 Å². The zero-order chi connectivity index (χ0) is 24.8. The lowest BCUT2D eigenvalue weighted by Gasteiger charge is -2.36. The zero-order valence-corrected chi connectivity index (χ0v) is 20.0. The van der Waals surface area contributed by atoms with Crippen molar-refractivity contribution in [3.8, 4) is 0 Å². The lowest BCUT2D eigenvalue weighted by molar-refractivity contribution is -0.384. The third kappa shape index (κ3) is 6.16. The third-order valence-corrected chi connectivity index (χ3v) is 6.82. The summed E-state index contributed by atoms with van der Waals surface area (Å²) in [4.78, 5) is 42.6. The Morgan fingerprint density at radius 2 is 1.60 bits per heavy atom. The number of carbonyl (C=O) groups is 2. The number of rotatable bonds is 7. The lowest BCUT2D eigenvalue weighted by Crippen LogP contribution is -2.51. The second kappa shape index (κ2) is 11.3. The van der Waals surface area contributed by atoms with Gasteiger partial charge in [0, 0.05) is 51.9 Å². The molecule has 9 heteroatoms. The molecule has 2 aromatic carbocycles. The van der Waals surface area contributed by atoms with Gasteiger partial charge in [0.05, 0.1) is 10.8 Å². The van der Waals surface area contributed by atoms with Crippen LogP contribution in [-0.2, 0) is 20.9 Å². The molecule has 2 aliphatic rings. The van der Waals surface area contributed by atoms with Gasteiger partial charge in [-0.1, -0.05) is 42.5 Å². The number of para-hydroxylation sites is 2. The monoisotopic (exact) mass is 480 g/mol. The first-order valence-electron chi connectivity index (χ1n) is 12.2. The van der Waals surface area contributed by atoms with E-state index in [1.807, 2.05) is 23.1 Å². The fourth-order valence-corrected chi connectivity index (χ4v) is 4.79. The van der Waals surface area contributed by atoms with Crippen LogP contribution in [0.25, 0.3) is 0 Å². The summed E-state index contributed by atoms with van der Waals surface area (Å²) in [6.45, 7) is 6.34. The highest BCUT2D eigenvalue weighted by Crippen LogP contribution is 2.31. The molecule has 2 fully saturated rings. The molecular formula is C26H32N4O5. The number of nitrogens with zero attached hydrogens (tertiary/aromatic N) is 4. The summed E-state index contributed by atoms with van der Waals surface area (Å²) in [5.41, 5.74) is 1.89. The molecular weight excluding hydrogens is 448 g/mol. The number of nitro benzene ring substituents is 1. The summed E-state index contributed by atoms with van der Waals surface area (Å²) in [5, 5.41) is 11.3. The minimum Gasteiger partial charge on any atom is -0.452 e. The van der Waals surface area contributed by atoms with Gasteiger partial charge in [-0.3, -0.25) is 24.6 Å². The molecule has 35 heavy (non-hydrogen) atoms. The molecule has 4 rings (SSSR count). The van der Waals surface area contributed by atoms with Crippen LogP contribution in [0.15, 0.2) is 54.6 Å². The molecule has 1 unspecified atom stereocenters. The van der Waals surface area contributed by atoms with Crippen LogP contribution in [0.2, 0.25) is 0 Å². The quantitative estimate of drug-likeness (QED) is 0.341. The number of hydrogen-bond donors (Lipinski definition) is 0. The second-order valence-electron chi connectivity index (χ2n) is 9.17. The number of amides is 1. The largest absolute Gasteiger partial charge is 0.452 e. The number of nitro groups is 1. The van der Waals surface area contributed by atoms with Crippen LogP contribution in [0.5, 0.6) is 0 Å². The molecule has 0 N–H and O–H groups in total. The van der Waals surface area contributed by atoms with Gasteiger partial charge in [-0.25, -0.2) is 0 Å². The van der Waals surface area contributed by atoms with Crippen LogP contribution in [0.3, 0.4) is 0 Å². The van der Waals surface area contributed by atoms with Crippen molar-refractivity contribution in [3.05, 3.63) is 70.3 Å². The zero-order valence-electron chi connectivity index (χ0n) is 20.0. The highest BCUT2D eigenvalue weighted by molar-refractivity contribution is 5.84. The number of hydrogen-bond acceptors (Lipinski definition) is 7. The van der Waals surface area contributed by atoms with Gasteiger partial charge in [0.25, 0.3) is 11.6 Å². The second-order valence-corrected chi connectivity index (χ2v) is 9.17. The van der Waals surface area contributed by atoms with Gasteiger partial charge in [0.1, 0.15) is 5.69 Å². The van der Waals surface area contributed by atoms with Gasteiger partial charge >= 0.3 is 5.97 Å². The summed E-state index contributed by atoms with van der Waals surface area (Å²) in [5.74, 6) is -0.835. The van der Waals surface area contributed by atoms with Crippen molar-refractivity contribution in [3.63, 3.8) is 0 Å². The first kappa shape index (κ1) is 24.7. The predicted octanol–water partition coefficient (Wildman–Crippen LogP) is 3.09. The Balaban J connectivity index is 1.22. The van der Waals surface area contributed by atoms with Crippen molar-refractivity contribution in [1.29, 1.82) is 0 Å². The molecule has 9 nitrogen and oxygen atoms in total. The van der Waals surface area contributed by atoms with Crippen molar-refractivity contribution in [2.75, 3.05) is 44.2 Å². The number of esters is 1. The van der Waals surface area contributed by atoms with Crippen LogP contribution < -0.4 is 4.90 Å². The van der Waals surface area contributed by atoms with Crippen LogP contribution in [0, 0.1) is 16.0 Å². The van der Waals surface area contributed by atoms with E-state index in [4.69, 9.17) is 4.74 Å². The molecule has 2 aliphatic heterocycles. The molecule has 2 saturated heterocycles. The molecule has 0 bridgehead atoms. The predicted molar refractivity (Wildman–Crippen MR) is 132 cm³/mol. The van der Waals surface area contributed by atoms with Crippen molar-refractivity contribution in [2.45, 2.75) is 32.4 Å². The molecule has 0 spiro atoms. The van der Waals surface area contributed by atoms with Crippen molar-refractivity contribution in [1.82, 2.24) is 9.80 Å². The van der Waals surface area contributed by atoms with Gasteiger partial charge in [0.15, 0.2) is 6.10 Å². The maximum absolute atomic E-state index is 12.9. The third-order valence-electron chi connectivity index (χ3n) is 6.82. The fourth-order valence-electron chi connectivity index (χ4n) is 4.79. The topological polar surface area (TPSA) is 96.2 Å². The number of anilines is 1. The lowest BCUT2D eigenvalue weighted by atomic mass is 9.96. The smallest absolute Gasteiger partial charge is 0.309 e. The van der Waals surface area contributed by atoms with Gasteiger partial charge in [0.2, 0.25) is 0 Å². The SMILES string of the molecule is CC(OC(=O)C1CCN(c2ccccc2[N+](=O)[O-])CC1)C(=O)N1CCN(Cc2ccccc2)CC1. The average molecular weight is 481 g/mol. The van der Waals surface area contributed by atoms with Gasteiger partial charge < -0.3 is 14.5 Å². The first-order chi connectivity index (χ1) is 16.9. The van der Waals surface area contributed by atoms with Gasteiger partial charge in [-0.05, 0) is 31.4 Å². The summed E-state index contributed by atoms with van der Waals surface area (Å²) in [7, 11) is 0. The van der Waals surface area contributed by atoms with E-state index in [-0.39, 0.29) is 28.4 Å². The molecule has 186 valence electrons. The number of piperazine rings is 1. The molecule has 1 amide bonds. The van der Waals surface area contributed by atoms with Crippen LogP contribution in [-0.4, -0.2) is 72.0 Å². The Kier molecular flexibility index (Phi) is 7.97. The Labute approximate surface area is 205 Å². The van der Waals surface area contributed by atoms with Gasteiger partial charge in [-0.2, -0.15) is 0 Å². The van der Waals surface area contributed by atoms with Crippen molar-refractivity contribution < 1.29 is 19.2 Å². The molecule has 0 aromatic heterocycles. The van der Waals surface area contributed by atoms with Crippen LogP contribution in [0.4, 0.5) is 11.4 Å². The highest BCUT2D eigenvalue weighted by Gasteiger charge is 2.32. The summed E-state index contributed by atoms with van der Waals surface area (Å²) < 4.78 is 5.56. The number of benzene rings is 2. The molecule has 0 aliphatic carbocycles. The first-order valence-corrected chi connectivity index (χ1v) is 12.2. The maximum Gasteiger partial charge on any atom is 0.309 e. The Bertz CT molecular complexity index is 1030. The van der Waals surface area contributed by atoms with E-state index in [9.17, 15) is 19.7 Å². The minimum atomic E-state index is -0.823. The molecule has 2 heterocycles. The Morgan fingerprint density at radius 1 is 0.971 bits per heavy atom. The van der Waals surface area contributed by atoms with Gasteiger partial charge in [-0.15, -0.1) is 0 Å². The molecule has 1 atom stereocenters. The molecule has 2 aromatic rings. The van der Waals surface area contributed by atoms with E-state index >= 15 is 0 Å². The molecule has 0 saturated carbocycles. The standard InChI is InChI=1S/C26H32N4O5/c1-20(25(31)29-17-15-27(16-18-29)19-21-7-3-2-4-8-21)35-26(32)22-11-13-28(14-12-22)23-9-5-6-10-24(23)30(33)34/h2-10,20,22H,11-19H2,1H3. The Morgan fingerprint density at radius 3 is 2.26 bits per heavy atom. The minimum absolute atomic E-state index is 0.0663. The highest BCUT2D eigenvalue weighted by atomic mass is 16.6. The normalized spacial score (nSPS) is 18.2. The van der Waals surface area contributed by atoms with E-state index in [1.54, 1.807) is 30.0 Å². The van der Waals surface area contributed by atoms with E-state index in [0.717, 1.165) is 19.6 Å². The van der Waals surface area contributed by atoms with Crippen molar-refractivity contribution >= 4 is 23.3 Å². The fraction of sp³-hybridized carbons (Fsp3) is 0.462. The van der Waals surface area contributed by atoms with E-state index < -0.39 is 6.10 Å². The van der Waals surface area contributed by atoms with E-state index in [2.05, 4.69) is 17.0 Å². The van der Waals surface area contributed by atoms with Crippen LogP contribution in [0.1, 0.15) is 25.3 Å². The maximum atomic E-state index is 12.9. The number of piperidine rings is 1. The number of ether oxygens (including phenoxy) is 1. The average Bonchev–Trinajstić information content (AvgIpc) is 2.89. The molecule has 0 radical (unpaired) electrons. The van der Waals surface area contributed by atoms with Crippen LogP contribution >= 0.6 is 0 Å². The summed E-state index contributed by atoms with van der Waals surface area (Å²) >= 11 is 0. The summed E-state index contributed by atoms with van der Waals surface area (Å²) in [6, 6.07) is 16.9. The summed E-state index contributed by atoms with van der Waals surface area (Å²) in [6.07, 6.45) is 0.241. The van der Waals surface area contributed by atoms with E-state index in [1.165, 1.54) is 11.6 Å². The number of carbonyl (C=O) groups excluding carboxylic acids is 2. The Hall–Kier alpha value is -3.46. The van der Waals surface area contributed by atoms with Crippen molar-refractivity contribution in [2.24, 2.45) is 5.92 Å².